The molecule has 2 nitrogen and oxygen atoms in total. The number of aliphatic hydroxyl groups is 1. The number of hydrogen-bond donors (Lipinski definition) is 1. The van der Waals surface area contributed by atoms with Crippen molar-refractivity contribution in [2.75, 3.05) is 26.2 Å². The van der Waals surface area contributed by atoms with Crippen LogP contribution in [0.25, 0.3) is 0 Å². The monoisotopic (exact) mass is 247 g/mol. The Morgan fingerprint density at radius 3 is 2.39 bits per heavy atom. The van der Waals surface area contributed by atoms with Crippen LogP contribution in [0, 0.1) is 5.92 Å². The Balaban J connectivity index is 2.04. The molecule has 0 aromatic heterocycles. The van der Waals surface area contributed by atoms with Gasteiger partial charge in [0.05, 0.1) is 6.61 Å². The lowest BCUT2D eigenvalue weighted by Gasteiger charge is -2.38. The van der Waals surface area contributed by atoms with Gasteiger partial charge < -0.3 is 10.0 Å². The fourth-order valence-corrected chi connectivity index (χ4v) is 2.79. The maximum Gasteiger partial charge on any atom is 0.0537 e. The van der Waals surface area contributed by atoms with Crippen LogP contribution < -0.4 is 0 Å². The predicted octanol–water partition coefficient (Wildman–Crippen LogP) is 2.67. The summed E-state index contributed by atoms with van der Waals surface area (Å²) < 4.78 is 0. The topological polar surface area (TPSA) is 23.5 Å². The molecule has 1 aliphatic heterocycles. The quantitative estimate of drug-likeness (QED) is 0.884. The van der Waals surface area contributed by atoms with Crippen LogP contribution in [0.3, 0.4) is 0 Å². The standard InChI is InChI=1S/C16H25NO/c1-14-8-10-17(11-9-14)12-16(2,13-18)15-6-4-3-5-7-15/h3-7,14,18H,8-13H2,1-2H3. The molecule has 0 amide bonds. The van der Waals surface area contributed by atoms with E-state index in [0.717, 1.165) is 12.5 Å². The molecule has 0 bridgehead atoms. The second kappa shape index (κ2) is 5.85. The van der Waals surface area contributed by atoms with Gasteiger partial charge in [0.15, 0.2) is 0 Å². The largest absolute Gasteiger partial charge is 0.395 e. The number of likely N-dealkylation sites (tertiary alicyclic amines) is 1. The van der Waals surface area contributed by atoms with Gasteiger partial charge in [0.1, 0.15) is 0 Å². The molecule has 0 spiro atoms. The normalized spacial score (nSPS) is 21.7. The minimum absolute atomic E-state index is 0.137. The van der Waals surface area contributed by atoms with Gasteiger partial charge in [-0.2, -0.15) is 0 Å². The van der Waals surface area contributed by atoms with Crippen LogP contribution in [0.1, 0.15) is 32.3 Å². The van der Waals surface area contributed by atoms with E-state index < -0.39 is 0 Å². The zero-order valence-electron chi connectivity index (χ0n) is 11.6. The number of rotatable bonds is 4. The first-order valence-electron chi connectivity index (χ1n) is 7.03. The summed E-state index contributed by atoms with van der Waals surface area (Å²) in [4.78, 5) is 2.50. The van der Waals surface area contributed by atoms with Crippen LogP contribution >= 0.6 is 0 Å². The van der Waals surface area contributed by atoms with Gasteiger partial charge in [-0.25, -0.2) is 0 Å². The van der Waals surface area contributed by atoms with Crippen molar-refractivity contribution in [3.8, 4) is 0 Å². The van der Waals surface area contributed by atoms with E-state index >= 15 is 0 Å². The molecular weight excluding hydrogens is 222 g/mol. The van der Waals surface area contributed by atoms with E-state index in [1.807, 2.05) is 6.07 Å². The van der Waals surface area contributed by atoms with Gasteiger partial charge in [0, 0.05) is 12.0 Å². The molecule has 1 aromatic rings. The highest BCUT2D eigenvalue weighted by atomic mass is 16.3. The van der Waals surface area contributed by atoms with Gasteiger partial charge >= 0.3 is 0 Å². The van der Waals surface area contributed by atoms with Crippen molar-refractivity contribution < 1.29 is 5.11 Å². The molecule has 0 radical (unpaired) electrons. The summed E-state index contributed by atoms with van der Waals surface area (Å²) in [5.74, 6) is 0.860. The van der Waals surface area contributed by atoms with Gasteiger partial charge in [-0.3, -0.25) is 0 Å². The Kier molecular flexibility index (Phi) is 4.41. The minimum atomic E-state index is -0.137. The molecule has 2 rings (SSSR count). The summed E-state index contributed by atoms with van der Waals surface area (Å²) in [7, 11) is 0. The van der Waals surface area contributed by atoms with Gasteiger partial charge in [-0.1, -0.05) is 44.2 Å². The number of nitrogens with zero attached hydrogens (tertiary/aromatic N) is 1. The lowest BCUT2D eigenvalue weighted by atomic mass is 9.82. The van der Waals surface area contributed by atoms with Gasteiger partial charge in [0.2, 0.25) is 0 Å². The van der Waals surface area contributed by atoms with E-state index in [1.54, 1.807) is 0 Å². The molecule has 1 fully saturated rings. The molecule has 1 aliphatic rings. The van der Waals surface area contributed by atoms with Crippen molar-refractivity contribution in [3.63, 3.8) is 0 Å². The van der Waals surface area contributed by atoms with Crippen molar-refractivity contribution in [3.05, 3.63) is 35.9 Å². The smallest absolute Gasteiger partial charge is 0.0537 e. The van der Waals surface area contributed by atoms with Crippen molar-refractivity contribution >= 4 is 0 Å². The first-order chi connectivity index (χ1) is 8.64. The Bertz CT molecular complexity index is 357. The third-order valence-corrected chi connectivity index (χ3v) is 4.27. The SMILES string of the molecule is CC1CCN(CC(C)(CO)c2ccccc2)CC1. The van der Waals surface area contributed by atoms with E-state index in [-0.39, 0.29) is 12.0 Å². The molecule has 1 saturated heterocycles. The van der Waals surface area contributed by atoms with E-state index in [1.165, 1.54) is 31.5 Å². The van der Waals surface area contributed by atoms with Crippen LogP contribution in [0.5, 0.6) is 0 Å². The maximum atomic E-state index is 9.79. The summed E-state index contributed by atoms with van der Waals surface area (Å²) in [6, 6.07) is 10.4. The zero-order valence-corrected chi connectivity index (χ0v) is 11.6. The lowest BCUT2D eigenvalue weighted by molar-refractivity contribution is 0.117. The first kappa shape index (κ1) is 13.6. The zero-order chi connectivity index (χ0) is 13.0. The highest BCUT2D eigenvalue weighted by Gasteiger charge is 2.29. The molecule has 1 unspecified atom stereocenters. The Hall–Kier alpha value is -0.860. The highest BCUT2D eigenvalue weighted by molar-refractivity contribution is 5.25. The third-order valence-electron chi connectivity index (χ3n) is 4.27. The van der Waals surface area contributed by atoms with Gasteiger partial charge in [-0.15, -0.1) is 0 Å². The maximum absolute atomic E-state index is 9.79. The Labute approximate surface area is 111 Å². The molecule has 1 N–H and O–H groups in total. The Morgan fingerprint density at radius 2 is 1.83 bits per heavy atom. The summed E-state index contributed by atoms with van der Waals surface area (Å²) >= 11 is 0. The average Bonchev–Trinajstić information content (AvgIpc) is 2.42. The summed E-state index contributed by atoms with van der Waals surface area (Å²) in [6.07, 6.45) is 2.58. The summed E-state index contributed by atoms with van der Waals surface area (Å²) in [5.41, 5.74) is 1.10. The summed E-state index contributed by atoms with van der Waals surface area (Å²) in [6.45, 7) is 8.01. The van der Waals surface area contributed by atoms with Crippen LogP contribution in [0.4, 0.5) is 0 Å². The highest BCUT2D eigenvalue weighted by Crippen LogP contribution is 2.26. The number of benzene rings is 1. The molecular formula is C16H25NO. The molecule has 1 heterocycles. The summed E-state index contributed by atoms with van der Waals surface area (Å²) in [5, 5.41) is 9.79. The van der Waals surface area contributed by atoms with Gasteiger partial charge in [-0.05, 0) is 37.4 Å². The Morgan fingerprint density at radius 1 is 1.22 bits per heavy atom. The number of aliphatic hydroxyl groups excluding tert-OH is 1. The third kappa shape index (κ3) is 3.12. The van der Waals surface area contributed by atoms with Crippen LogP contribution in [-0.4, -0.2) is 36.2 Å². The number of hydrogen-bond acceptors (Lipinski definition) is 2. The van der Waals surface area contributed by atoms with Crippen molar-refractivity contribution in [1.29, 1.82) is 0 Å². The van der Waals surface area contributed by atoms with Gasteiger partial charge in [0.25, 0.3) is 0 Å². The molecule has 1 atom stereocenters. The van der Waals surface area contributed by atoms with E-state index in [9.17, 15) is 5.11 Å². The predicted molar refractivity (Wildman–Crippen MR) is 75.7 cm³/mol. The second-order valence-corrected chi connectivity index (χ2v) is 6.04. The second-order valence-electron chi connectivity index (χ2n) is 6.04. The fourth-order valence-electron chi connectivity index (χ4n) is 2.79. The van der Waals surface area contributed by atoms with Crippen molar-refractivity contribution in [2.45, 2.75) is 32.1 Å². The van der Waals surface area contributed by atoms with E-state index in [4.69, 9.17) is 0 Å². The average molecular weight is 247 g/mol. The fraction of sp³-hybridized carbons (Fsp3) is 0.625. The van der Waals surface area contributed by atoms with Crippen molar-refractivity contribution in [2.24, 2.45) is 5.92 Å². The number of piperidine rings is 1. The first-order valence-corrected chi connectivity index (χ1v) is 7.03. The van der Waals surface area contributed by atoms with Crippen molar-refractivity contribution in [1.82, 2.24) is 4.90 Å². The molecule has 100 valence electrons. The molecule has 2 heteroatoms. The van der Waals surface area contributed by atoms with Crippen LogP contribution in [0.2, 0.25) is 0 Å². The molecule has 0 saturated carbocycles. The van der Waals surface area contributed by atoms with E-state index in [2.05, 4.69) is 43.0 Å². The van der Waals surface area contributed by atoms with Crippen LogP contribution in [-0.2, 0) is 5.41 Å². The van der Waals surface area contributed by atoms with Crippen LogP contribution in [0.15, 0.2) is 30.3 Å². The minimum Gasteiger partial charge on any atom is -0.395 e. The lowest BCUT2D eigenvalue weighted by Crippen LogP contribution is -2.44. The molecule has 1 aromatic carbocycles. The molecule has 18 heavy (non-hydrogen) atoms. The molecule has 0 aliphatic carbocycles. The van der Waals surface area contributed by atoms with E-state index in [0.29, 0.717) is 0 Å².